The predicted octanol–water partition coefficient (Wildman–Crippen LogP) is 3.46. The first-order valence-corrected chi connectivity index (χ1v) is 7.59. The summed E-state index contributed by atoms with van der Waals surface area (Å²) in [5.41, 5.74) is 0.958. The number of nitrogens with zero attached hydrogens (tertiary/aromatic N) is 5. The Labute approximate surface area is 147 Å². The standard InChI is InChI=1S/C16H9Cl2N5O/c17-11-3-1-10(2-4-11)15(24)14(9-19)16-20-21-22-23(16)13-7-5-12(18)6-8-13/h1-8,14H. The van der Waals surface area contributed by atoms with Crippen molar-refractivity contribution in [3.8, 4) is 11.8 Å². The first-order valence-electron chi connectivity index (χ1n) is 6.84. The molecule has 0 spiro atoms. The molecule has 0 aliphatic carbocycles. The van der Waals surface area contributed by atoms with Crippen LogP contribution in [0, 0.1) is 11.3 Å². The molecule has 2 aromatic carbocycles. The number of carbonyl (C=O) groups excluding carboxylic acids is 1. The molecule has 1 aromatic heterocycles. The second kappa shape index (κ2) is 6.79. The van der Waals surface area contributed by atoms with Gasteiger partial charge in [-0.1, -0.05) is 23.2 Å². The highest BCUT2D eigenvalue weighted by molar-refractivity contribution is 6.31. The molecule has 0 saturated heterocycles. The van der Waals surface area contributed by atoms with Gasteiger partial charge in [0, 0.05) is 15.6 Å². The molecule has 0 bridgehead atoms. The molecule has 6 nitrogen and oxygen atoms in total. The minimum absolute atomic E-state index is 0.139. The van der Waals surface area contributed by atoms with Crippen LogP contribution in [0.4, 0.5) is 0 Å². The third-order valence-corrected chi connectivity index (χ3v) is 3.85. The lowest BCUT2D eigenvalue weighted by Crippen LogP contribution is -2.16. The molecule has 0 amide bonds. The van der Waals surface area contributed by atoms with Gasteiger partial charge < -0.3 is 0 Å². The Morgan fingerprint density at radius 1 is 1.04 bits per heavy atom. The maximum absolute atomic E-state index is 12.6. The van der Waals surface area contributed by atoms with Crippen molar-refractivity contribution in [1.29, 1.82) is 5.26 Å². The summed E-state index contributed by atoms with van der Waals surface area (Å²) in [4.78, 5) is 12.6. The Hall–Kier alpha value is -2.75. The van der Waals surface area contributed by atoms with Gasteiger partial charge in [-0.3, -0.25) is 4.79 Å². The summed E-state index contributed by atoms with van der Waals surface area (Å²) in [6.45, 7) is 0. The fourth-order valence-corrected chi connectivity index (χ4v) is 2.41. The number of ketones is 1. The van der Waals surface area contributed by atoms with Crippen LogP contribution in [0.3, 0.4) is 0 Å². The van der Waals surface area contributed by atoms with Gasteiger partial charge in [0.1, 0.15) is 0 Å². The van der Waals surface area contributed by atoms with Crippen molar-refractivity contribution < 1.29 is 4.79 Å². The average molecular weight is 358 g/mol. The molecule has 1 heterocycles. The molecular formula is C16H9Cl2N5O. The molecule has 0 aliphatic heterocycles. The largest absolute Gasteiger partial charge is 0.292 e. The van der Waals surface area contributed by atoms with Crippen LogP contribution in [0.25, 0.3) is 5.69 Å². The Morgan fingerprint density at radius 3 is 2.21 bits per heavy atom. The number of hydrogen-bond donors (Lipinski definition) is 0. The second-order valence-electron chi connectivity index (χ2n) is 4.86. The van der Waals surface area contributed by atoms with Crippen LogP contribution >= 0.6 is 23.2 Å². The van der Waals surface area contributed by atoms with Crippen LogP contribution in [0.1, 0.15) is 22.1 Å². The summed E-state index contributed by atoms with van der Waals surface area (Å²) < 4.78 is 1.35. The van der Waals surface area contributed by atoms with E-state index in [1.165, 1.54) is 4.68 Å². The number of tetrazole rings is 1. The molecule has 3 aromatic rings. The molecule has 8 heteroatoms. The number of carbonyl (C=O) groups is 1. The number of rotatable bonds is 4. The normalized spacial score (nSPS) is 11.7. The first-order chi connectivity index (χ1) is 11.6. The molecule has 1 unspecified atom stereocenters. The molecule has 1 atom stereocenters. The lowest BCUT2D eigenvalue weighted by atomic mass is 9.98. The van der Waals surface area contributed by atoms with E-state index in [0.29, 0.717) is 21.3 Å². The highest BCUT2D eigenvalue weighted by Gasteiger charge is 2.28. The quantitative estimate of drug-likeness (QED) is 0.667. The summed E-state index contributed by atoms with van der Waals surface area (Å²) in [6, 6.07) is 15.0. The van der Waals surface area contributed by atoms with Gasteiger partial charge in [-0.15, -0.1) is 5.10 Å². The molecule has 0 saturated carbocycles. The van der Waals surface area contributed by atoms with Gasteiger partial charge in [0.05, 0.1) is 11.8 Å². The van der Waals surface area contributed by atoms with E-state index < -0.39 is 11.7 Å². The van der Waals surface area contributed by atoms with Crippen molar-refractivity contribution >= 4 is 29.0 Å². The van der Waals surface area contributed by atoms with E-state index in [1.54, 1.807) is 48.5 Å². The minimum Gasteiger partial charge on any atom is -0.292 e. The van der Waals surface area contributed by atoms with E-state index >= 15 is 0 Å². The van der Waals surface area contributed by atoms with E-state index in [4.69, 9.17) is 23.2 Å². The number of benzene rings is 2. The molecule has 0 fully saturated rings. The minimum atomic E-state index is -1.14. The zero-order valence-corrected chi connectivity index (χ0v) is 13.6. The van der Waals surface area contributed by atoms with Gasteiger partial charge in [0.2, 0.25) is 0 Å². The Bertz CT molecular complexity index is 913. The number of Topliss-reactive ketones (excluding diaryl/α,β-unsaturated/α-hetero) is 1. The van der Waals surface area contributed by atoms with Gasteiger partial charge in [0.15, 0.2) is 17.5 Å². The Morgan fingerprint density at radius 2 is 1.62 bits per heavy atom. The van der Waals surface area contributed by atoms with E-state index in [1.807, 2.05) is 6.07 Å². The summed E-state index contributed by atoms with van der Waals surface area (Å²) in [6.07, 6.45) is 0. The zero-order chi connectivity index (χ0) is 17.1. The van der Waals surface area contributed by atoms with E-state index in [9.17, 15) is 10.1 Å². The fourth-order valence-electron chi connectivity index (χ4n) is 2.15. The monoisotopic (exact) mass is 357 g/mol. The topological polar surface area (TPSA) is 84.5 Å². The van der Waals surface area contributed by atoms with E-state index in [0.717, 1.165) is 0 Å². The molecule has 0 radical (unpaired) electrons. The maximum Gasteiger partial charge on any atom is 0.187 e. The van der Waals surface area contributed by atoms with E-state index in [-0.39, 0.29) is 5.82 Å². The predicted molar refractivity (Wildman–Crippen MR) is 88.3 cm³/mol. The van der Waals surface area contributed by atoms with Crippen molar-refractivity contribution in [2.75, 3.05) is 0 Å². The highest BCUT2D eigenvalue weighted by atomic mass is 35.5. The summed E-state index contributed by atoms with van der Waals surface area (Å²) in [5, 5.41) is 21.8. The van der Waals surface area contributed by atoms with Crippen molar-refractivity contribution in [3.63, 3.8) is 0 Å². The SMILES string of the molecule is N#CC(C(=O)c1ccc(Cl)cc1)c1nnnn1-c1ccc(Cl)cc1. The molecule has 0 aliphatic rings. The lowest BCUT2D eigenvalue weighted by Gasteiger charge is -2.09. The molecule has 24 heavy (non-hydrogen) atoms. The molecule has 3 rings (SSSR count). The van der Waals surface area contributed by atoms with Gasteiger partial charge in [0.25, 0.3) is 0 Å². The summed E-state index contributed by atoms with van der Waals surface area (Å²) >= 11 is 11.7. The van der Waals surface area contributed by atoms with Crippen LogP contribution in [0.5, 0.6) is 0 Å². The van der Waals surface area contributed by atoms with Crippen LogP contribution in [0.15, 0.2) is 48.5 Å². The number of halogens is 2. The number of aromatic nitrogens is 4. The molecular weight excluding hydrogens is 349 g/mol. The van der Waals surface area contributed by atoms with Crippen LogP contribution in [0.2, 0.25) is 10.0 Å². The van der Waals surface area contributed by atoms with Crippen molar-refractivity contribution in [2.24, 2.45) is 0 Å². The van der Waals surface area contributed by atoms with E-state index in [2.05, 4.69) is 15.5 Å². The van der Waals surface area contributed by atoms with Crippen molar-refractivity contribution in [1.82, 2.24) is 20.2 Å². The van der Waals surface area contributed by atoms with Crippen molar-refractivity contribution in [3.05, 3.63) is 70.0 Å². The van der Waals surface area contributed by atoms with Gasteiger partial charge >= 0.3 is 0 Å². The number of nitriles is 1. The Balaban J connectivity index is 1.99. The smallest absolute Gasteiger partial charge is 0.187 e. The third-order valence-electron chi connectivity index (χ3n) is 3.34. The molecule has 118 valence electrons. The summed E-state index contributed by atoms with van der Waals surface area (Å²) in [5.74, 6) is -1.41. The second-order valence-corrected chi connectivity index (χ2v) is 5.73. The molecule has 0 N–H and O–H groups in total. The van der Waals surface area contributed by atoms with Gasteiger partial charge in [-0.05, 0) is 59.0 Å². The van der Waals surface area contributed by atoms with Crippen molar-refractivity contribution in [2.45, 2.75) is 5.92 Å². The lowest BCUT2D eigenvalue weighted by molar-refractivity contribution is 0.0975. The van der Waals surface area contributed by atoms with Gasteiger partial charge in [-0.25, -0.2) is 0 Å². The average Bonchev–Trinajstić information content (AvgIpc) is 3.06. The van der Waals surface area contributed by atoms with Gasteiger partial charge in [-0.2, -0.15) is 9.94 Å². The maximum atomic E-state index is 12.6. The fraction of sp³-hybridized carbons (Fsp3) is 0.0625. The highest BCUT2D eigenvalue weighted by Crippen LogP contribution is 2.22. The zero-order valence-electron chi connectivity index (χ0n) is 12.1. The Kier molecular flexibility index (Phi) is 4.56. The summed E-state index contributed by atoms with van der Waals surface area (Å²) in [7, 11) is 0. The number of hydrogen-bond acceptors (Lipinski definition) is 5. The van der Waals surface area contributed by atoms with Crippen LogP contribution in [-0.4, -0.2) is 26.0 Å². The van der Waals surface area contributed by atoms with Crippen LogP contribution in [-0.2, 0) is 0 Å². The third kappa shape index (κ3) is 3.13. The van der Waals surface area contributed by atoms with Crippen LogP contribution < -0.4 is 0 Å². The first kappa shape index (κ1) is 16.1.